The summed E-state index contributed by atoms with van der Waals surface area (Å²) < 4.78 is 5.31. The van der Waals surface area contributed by atoms with E-state index in [-0.39, 0.29) is 11.5 Å². The molecule has 0 spiro atoms. The first kappa shape index (κ1) is 20.3. The number of likely N-dealkylation sites (N-methyl/N-ethyl adjacent to an activating group) is 1. The number of hydrogen-bond acceptors (Lipinski definition) is 5. The van der Waals surface area contributed by atoms with Gasteiger partial charge >= 0.3 is 5.97 Å². The fourth-order valence-corrected chi connectivity index (χ4v) is 4.05. The number of amides is 1. The number of nitrogens with zero attached hydrogens (tertiary/aromatic N) is 2. The van der Waals surface area contributed by atoms with E-state index in [1.165, 1.54) is 35.9 Å². The minimum Gasteiger partial charge on any atom is -0.495 e. The van der Waals surface area contributed by atoms with Crippen molar-refractivity contribution in [3.05, 3.63) is 62.5 Å². The topological polar surface area (TPSA) is 79.2 Å². The van der Waals surface area contributed by atoms with Crippen molar-refractivity contribution < 1.29 is 19.4 Å². The molecule has 1 aliphatic heterocycles. The number of aliphatic imine (C=N–C) groups is 1. The highest BCUT2D eigenvalue weighted by Crippen LogP contribution is 2.38. The predicted molar refractivity (Wildman–Crippen MR) is 112 cm³/mol. The average Bonchev–Trinajstić information content (AvgIpc) is 2.90. The number of thioether (sulfide) groups is 1. The number of carboxylic acids is 1. The molecule has 9 heteroatoms. The van der Waals surface area contributed by atoms with Crippen LogP contribution in [-0.2, 0) is 4.79 Å². The van der Waals surface area contributed by atoms with E-state index in [1.807, 2.05) is 0 Å². The molecule has 1 aliphatic rings. The van der Waals surface area contributed by atoms with E-state index >= 15 is 0 Å². The van der Waals surface area contributed by atoms with Gasteiger partial charge in [0.05, 0.1) is 28.3 Å². The Hall–Kier alpha value is -2.48. The van der Waals surface area contributed by atoms with Crippen molar-refractivity contribution in [3.8, 4) is 5.75 Å². The molecule has 0 unspecified atom stereocenters. The van der Waals surface area contributed by atoms with Crippen molar-refractivity contribution in [2.75, 3.05) is 14.2 Å². The highest BCUT2D eigenvalue weighted by atomic mass is 35.5. The van der Waals surface area contributed by atoms with Crippen molar-refractivity contribution in [2.24, 2.45) is 4.99 Å². The Morgan fingerprint density at radius 3 is 2.54 bits per heavy atom. The molecular weight excluding hydrogens is 423 g/mol. The molecule has 0 bridgehead atoms. The van der Waals surface area contributed by atoms with E-state index in [4.69, 9.17) is 33.0 Å². The molecule has 0 atom stereocenters. The van der Waals surface area contributed by atoms with Crippen LogP contribution in [-0.4, -0.2) is 41.2 Å². The number of halogens is 2. The zero-order valence-electron chi connectivity index (χ0n) is 14.8. The highest BCUT2D eigenvalue weighted by Gasteiger charge is 2.30. The molecule has 1 fully saturated rings. The van der Waals surface area contributed by atoms with Gasteiger partial charge in [-0.15, -0.1) is 0 Å². The van der Waals surface area contributed by atoms with Gasteiger partial charge in [0.2, 0.25) is 0 Å². The predicted octanol–water partition coefficient (Wildman–Crippen LogP) is 4.93. The molecule has 0 saturated carbocycles. The second kappa shape index (κ2) is 8.26. The first-order chi connectivity index (χ1) is 13.3. The van der Waals surface area contributed by atoms with Crippen LogP contribution in [0.4, 0.5) is 5.69 Å². The number of ether oxygens (including phenoxy) is 1. The van der Waals surface area contributed by atoms with Crippen LogP contribution in [0.15, 0.2) is 46.3 Å². The molecular formula is C19H14Cl2N2O4S. The molecule has 1 amide bonds. The van der Waals surface area contributed by atoms with Crippen molar-refractivity contribution >= 4 is 63.8 Å². The standard InChI is InChI=1S/C19H14Cl2N2O4S/c1-23-17(24)15(8-11-7-12(20)9-14(21)16(11)27-2)28-19(23)22-13-5-3-10(4-6-13)18(25)26/h3-9H,1-2H3,(H,25,26)/b15-8+,22-19?. The van der Waals surface area contributed by atoms with E-state index in [0.717, 1.165) is 0 Å². The number of rotatable bonds is 4. The van der Waals surface area contributed by atoms with Crippen LogP contribution in [0.5, 0.6) is 5.75 Å². The van der Waals surface area contributed by atoms with Crippen LogP contribution in [0.2, 0.25) is 10.0 Å². The summed E-state index contributed by atoms with van der Waals surface area (Å²) in [6.07, 6.45) is 1.65. The van der Waals surface area contributed by atoms with E-state index in [9.17, 15) is 9.59 Å². The summed E-state index contributed by atoms with van der Waals surface area (Å²) in [6, 6.07) is 9.30. The monoisotopic (exact) mass is 436 g/mol. The second-order valence-electron chi connectivity index (χ2n) is 5.73. The third-order valence-electron chi connectivity index (χ3n) is 3.87. The average molecular weight is 437 g/mol. The Labute approximate surface area is 175 Å². The van der Waals surface area contributed by atoms with Gasteiger partial charge in [-0.25, -0.2) is 9.79 Å². The molecule has 144 valence electrons. The van der Waals surface area contributed by atoms with Crippen LogP contribution in [0.25, 0.3) is 6.08 Å². The summed E-state index contributed by atoms with van der Waals surface area (Å²) in [5.74, 6) is -0.825. The third-order valence-corrected chi connectivity index (χ3v) is 5.43. The molecule has 1 saturated heterocycles. The molecule has 2 aromatic rings. The zero-order valence-corrected chi connectivity index (χ0v) is 17.1. The van der Waals surface area contributed by atoms with Crippen molar-refractivity contribution in [1.82, 2.24) is 4.90 Å². The van der Waals surface area contributed by atoms with Gasteiger partial charge in [0.25, 0.3) is 5.91 Å². The Balaban J connectivity index is 1.93. The largest absolute Gasteiger partial charge is 0.495 e. The van der Waals surface area contributed by atoms with Crippen LogP contribution < -0.4 is 4.74 Å². The summed E-state index contributed by atoms with van der Waals surface area (Å²) in [5, 5.41) is 10.2. The number of carbonyl (C=O) groups is 2. The third kappa shape index (κ3) is 4.16. The van der Waals surface area contributed by atoms with Gasteiger partial charge in [-0.05, 0) is 54.2 Å². The quantitative estimate of drug-likeness (QED) is 0.686. The lowest BCUT2D eigenvalue weighted by molar-refractivity contribution is -0.121. The Morgan fingerprint density at radius 2 is 1.93 bits per heavy atom. The maximum atomic E-state index is 12.6. The summed E-state index contributed by atoms with van der Waals surface area (Å²) in [6.45, 7) is 0. The molecule has 2 aromatic carbocycles. The lowest BCUT2D eigenvalue weighted by atomic mass is 10.2. The molecule has 1 heterocycles. The number of carbonyl (C=O) groups excluding carboxylic acids is 1. The maximum Gasteiger partial charge on any atom is 0.335 e. The van der Waals surface area contributed by atoms with Gasteiger partial charge in [-0.2, -0.15) is 0 Å². The van der Waals surface area contributed by atoms with Crippen LogP contribution in [0, 0.1) is 0 Å². The number of benzene rings is 2. The van der Waals surface area contributed by atoms with Gasteiger partial charge in [0.1, 0.15) is 5.75 Å². The first-order valence-electron chi connectivity index (χ1n) is 7.93. The lowest BCUT2D eigenvalue weighted by Crippen LogP contribution is -2.23. The number of amidine groups is 1. The minimum absolute atomic E-state index is 0.165. The number of hydrogen-bond donors (Lipinski definition) is 1. The van der Waals surface area contributed by atoms with Gasteiger partial charge in [0.15, 0.2) is 5.17 Å². The van der Waals surface area contributed by atoms with E-state index in [0.29, 0.717) is 37.1 Å². The van der Waals surface area contributed by atoms with Gasteiger partial charge in [-0.1, -0.05) is 23.2 Å². The molecule has 0 aromatic heterocycles. The van der Waals surface area contributed by atoms with Crippen LogP contribution >= 0.6 is 35.0 Å². The minimum atomic E-state index is -1.01. The van der Waals surface area contributed by atoms with E-state index in [2.05, 4.69) is 4.99 Å². The van der Waals surface area contributed by atoms with Gasteiger partial charge in [-0.3, -0.25) is 9.69 Å². The molecule has 3 rings (SSSR count). The van der Waals surface area contributed by atoms with Gasteiger partial charge in [0, 0.05) is 17.6 Å². The number of methoxy groups -OCH3 is 1. The molecule has 0 radical (unpaired) electrons. The van der Waals surface area contributed by atoms with Crippen molar-refractivity contribution in [2.45, 2.75) is 0 Å². The Bertz CT molecular complexity index is 1020. The van der Waals surface area contributed by atoms with E-state index in [1.54, 1.807) is 37.4 Å². The SMILES string of the molecule is COc1c(Cl)cc(Cl)cc1/C=C1/SC(=Nc2ccc(C(=O)O)cc2)N(C)C1=O. The highest BCUT2D eigenvalue weighted by molar-refractivity contribution is 8.18. The Morgan fingerprint density at radius 1 is 1.25 bits per heavy atom. The fraction of sp³-hybridized carbons (Fsp3) is 0.105. The number of aromatic carboxylic acids is 1. The normalized spacial score (nSPS) is 16.9. The molecule has 28 heavy (non-hydrogen) atoms. The zero-order chi connectivity index (χ0) is 20.4. The van der Waals surface area contributed by atoms with Gasteiger partial charge < -0.3 is 9.84 Å². The molecule has 1 N–H and O–H groups in total. The summed E-state index contributed by atoms with van der Waals surface area (Å²) in [5.41, 5.74) is 1.28. The number of carboxylic acid groups (broad SMARTS) is 1. The van der Waals surface area contributed by atoms with Crippen LogP contribution in [0.3, 0.4) is 0 Å². The Kier molecular flexibility index (Phi) is 5.98. The fourth-order valence-electron chi connectivity index (χ4n) is 2.48. The second-order valence-corrected chi connectivity index (χ2v) is 7.58. The molecule has 0 aliphatic carbocycles. The maximum absolute atomic E-state index is 12.6. The lowest BCUT2D eigenvalue weighted by Gasteiger charge is -2.08. The summed E-state index contributed by atoms with van der Waals surface area (Å²) in [4.78, 5) is 29.8. The van der Waals surface area contributed by atoms with Crippen molar-refractivity contribution in [3.63, 3.8) is 0 Å². The summed E-state index contributed by atoms with van der Waals surface area (Å²) in [7, 11) is 3.10. The van der Waals surface area contributed by atoms with Crippen molar-refractivity contribution in [1.29, 1.82) is 0 Å². The van der Waals surface area contributed by atoms with E-state index < -0.39 is 5.97 Å². The smallest absolute Gasteiger partial charge is 0.335 e. The summed E-state index contributed by atoms with van der Waals surface area (Å²) >= 11 is 13.4. The molecule has 6 nitrogen and oxygen atoms in total. The first-order valence-corrected chi connectivity index (χ1v) is 9.50. The van der Waals surface area contributed by atoms with Crippen LogP contribution in [0.1, 0.15) is 15.9 Å².